The number of carbonyl (C=O) groups excluding carboxylic acids is 1. The molecule has 0 heterocycles. The second-order valence-electron chi connectivity index (χ2n) is 3.82. The fourth-order valence-corrected chi connectivity index (χ4v) is 1.45. The summed E-state index contributed by atoms with van der Waals surface area (Å²) in [5.74, 6) is -1.18. The third-order valence-corrected chi connectivity index (χ3v) is 2.30. The van der Waals surface area contributed by atoms with Gasteiger partial charge in [0.15, 0.2) is 0 Å². The maximum Gasteiger partial charge on any atom is 0.339 e. The summed E-state index contributed by atoms with van der Waals surface area (Å²) in [6, 6.07) is 4.34. The predicted octanol–water partition coefficient (Wildman–Crippen LogP) is 1.76. The van der Waals surface area contributed by atoms with Crippen LogP contribution in [0.3, 0.4) is 0 Å². The summed E-state index contributed by atoms with van der Waals surface area (Å²) in [5.41, 5.74) is 0.509. The molecule has 0 saturated heterocycles. The molecule has 0 aliphatic carbocycles. The highest BCUT2D eigenvalue weighted by molar-refractivity contribution is 5.95. The Morgan fingerprint density at radius 2 is 2.11 bits per heavy atom. The van der Waals surface area contributed by atoms with Crippen LogP contribution in [-0.4, -0.2) is 37.3 Å². The Bertz CT molecular complexity index is 458. The van der Waals surface area contributed by atoms with E-state index in [9.17, 15) is 9.59 Å². The molecule has 1 amide bonds. The maximum absolute atomic E-state index is 11.5. The van der Waals surface area contributed by atoms with Crippen molar-refractivity contribution >= 4 is 17.6 Å². The van der Waals surface area contributed by atoms with Gasteiger partial charge in [-0.25, -0.2) is 4.79 Å². The number of carboxylic acids is 1. The highest BCUT2D eigenvalue weighted by atomic mass is 16.5. The lowest BCUT2D eigenvalue weighted by Gasteiger charge is -2.09. The molecule has 0 saturated carbocycles. The van der Waals surface area contributed by atoms with E-state index in [1.807, 2.05) is 6.92 Å². The molecule has 1 rings (SSSR count). The number of carboxylic acid groups (broad SMARTS) is 1. The lowest BCUT2D eigenvalue weighted by molar-refractivity contribution is -0.120. The largest absolute Gasteiger partial charge is 0.496 e. The third kappa shape index (κ3) is 4.59. The van der Waals surface area contributed by atoms with Crippen molar-refractivity contribution in [3.63, 3.8) is 0 Å². The average Bonchev–Trinajstić information content (AvgIpc) is 2.38. The van der Waals surface area contributed by atoms with Gasteiger partial charge in [0.05, 0.1) is 7.11 Å². The van der Waals surface area contributed by atoms with Crippen molar-refractivity contribution in [1.82, 2.24) is 0 Å². The van der Waals surface area contributed by atoms with Gasteiger partial charge in [0.2, 0.25) is 5.91 Å². The number of carbonyl (C=O) groups is 2. The molecule has 0 fully saturated rings. The minimum absolute atomic E-state index is 0.0309. The molecule has 0 aliphatic rings. The topological polar surface area (TPSA) is 84.9 Å². The molecule has 0 radical (unpaired) electrons. The number of nitrogens with one attached hydrogen (secondary N) is 1. The summed E-state index contributed by atoms with van der Waals surface area (Å²) in [5, 5.41) is 11.5. The van der Waals surface area contributed by atoms with E-state index in [1.165, 1.54) is 25.3 Å². The molecule has 0 bridgehead atoms. The summed E-state index contributed by atoms with van der Waals surface area (Å²) >= 11 is 0. The molecule has 6 heteroatoms. The summed E-state index contributed by atoms with van der Waals surface area (Å²) < 4.78 is 10.1. The molecule has 0 spiro atoms. The number of methoxy groups -OCH3 is 1. The molecule has 1 aromatic carbocycles. The van der Waals surface area contributed by atoms with Gasteiger partial charge >= 0.3 is 5.97 Å². The van der Waals surface area contributed by atoms with E-state index in [4.69, 9.17) is 14.6 Å². The van der Waals surface area contributed by atoms with E-state index in [1.54, 1.807) is 0 Å². The van der Waals surface area contributed by atoms with Gasteiger partial charge in [0.25, 0.3) is 0 Å². The van der Waals surface area contributed by atoms with Crippen LogP contribution in [0.1, 0.15) is 23.7 Å². The summed E-state index contributed by atoms with van der Waals surface area (Å²) in [7, 11) is 1.37. The van der Waals surface area contributed by atoms with Crippen LogP contribution in [0, 0.1) is 0 Å². The lowest BCUT2D eigenvalue weighted by atomic mass is 10.2. The van der Waals surface area contributed by atoms with E-state index in [0.717, 1.165) is 6.42 Å². The summed E-state index contributed by atoms with van der Waals surface area (Å²) in [6.07, 6.45) is 0.842. The third-order valence-electron chi connectivity index (χ3n) is 2.30. The molecule has 0 aromatic heterocycles. The van der Waals surface area contributed by atoms with Crippen molar-refractivity contribution in [3.05, 3.63) is 23.8 Å². The van der Waals surface area contributed by atoms with Gasteiger partial charge in [-0.1, -0.05) is 6.92 Å². The monoisotopic (exact) mass is 267 g/mol. The Morgan fingerprint density at radius 1 is 1.37 bits per heavy atom. The first-order valence-electron chi connectivity index (χ1n) is 5.87. The van der Waals surface area contributed by atoms with Crippen molar-refractivity contribution < 1.29 is 24.2 Å². The van der Waals surface area contributed by atoms with E-state index in [0.29, 0.717) is 12.3 Å². The molecule has 104 valence electrons. The molecule has 0 atom stereocenters. The van der Waals surface area contributed by atoms with Crippen LogP contribution in [0.15, 0.2) is 18.2 Å². The zero-order valence-corrected chi connectivity index (χ0v) is 10.9. The second kappa shape index (κ2) is 7.38. The normalized spacial score (nSPS) is 10.0. The van der Waals surface area contributed by atoms with Gasteiger partial charge in [-0.15, -0.1) is 0 Å². The fraction of sp³-hybridized carbons (Fsp3) is 0.385. The first kappa shape index (κ1) is 15.0. The zero-order chi connectivity index (χ0) is 14.3. The molecule has 0 unspecified atom stereocenters. The second-order valence-corrected chi connectivity index (χ2v) is 3.82. The smallest absolute Gasteiger partial charge is 0.339 e. The van der Waals surface area contributed by atoms with Crippen LogP contribution in [0.5, 0.6) is 5.75 Å². The van der Waals surface area contributed by atoms with Crippen molar-refractivity contribution in [1.29, 1.82) is 0 Å². The quantitative estimate of drug-likeness (QED) is 0.735. The molecular formula is C13H17NO5. The number of anilines is 1. The number of hydrogen-bond acceptors (Lipinski definition) is 4. The van der Waals surface area contributed by atoms with Gasteiger partial charge in [-0.3, -0.25) is 4.79 Å². The Kier molecular flexibility index (Phi) is 5.81. The zero-order valence-electron chi connectivity index (χ0n) is 10.9. The minimum atomic E-state index is -1.08. The highest BCUT2D eigenvalue weighted by Crippen LogP contribution is 2.23. The number of rotatable bonds is 7. The van der Waals surface area contributed by atoms with Gasteiger partial charge in [0, 0.05) is 18.4 Å². The van der Waals surface area contributed by atoms with Crippen LogP contribution in [0.2, 0.25) is 0 Å². The molecular weight excluding hydrogens is 250 g/mol. The first-order chi connectivity index (χ1) is 9.08. The number of benzene rings is 1. The van der Waals surface area contributed by atoms with E-state index in [-0.39, 0.29) is 23.8 Å². The summed E-state index contributed by atoms with van der Waals surface area (Å²) in [6.45, 7) is 2.44. The SMILES string of the molecule is CCCOCC(=O)Nc1ccc(C(=O)O)c(OC)c1. The van der Waals surface area contributed by atoms with Gasteiger partial charge in [-0.2, -0.15) is 0 Å². The van der Waals surface area contributed by atoms with Crippen LogP contribution in [0.25, 0.3) is 0 Å². The van der Waals surface area contributed by atoms with Gasteiger partial charge in [0.1, 0.15) is 17.9 Å². The Morgan fingerprint density at radius 3 is 2.68 bits per heavy atom. The van der Waals surface area contributed by atoms with E-state index in [2.05, 4.69) is 5.32 Å². The van der Waals surface area contributed by atoms with Crippen LogP contribution in [-0.2, 0) is 9.53 Å². The van der Waals surface area contributed by atoms with Crippen molar-refractivity contribution in [2.24, 2.45) is 0 Å². The van der Waals surface area contributed by atoms with E-state index < -0.39 is 5.97 Å². The average molecular weight is 267 g/mol. The highest BCUT2D eigenvalue weighted by Gasteiger charge is 2.12. The Hall–Kier alpha value is -2.08. The molecule has 1 aromatic rings. The van der Waals surface area contributed by atoms with E-state index >= 15 is 0 Å². The van der Waals surface area contributed by atoms with Gasteiger partial charge < -0.3 is 19.9 Å². The van der Waals surface area contributed by atoms with Crippen molar-refractivity contribution in [2.75, 3.05) is 25.6 Å². The minimum Gasteiger partial charge on any atom is -0.496 e. The fourth-order valence-electron chi connectivity index (χ4n) is 1.45. The molecule has 2 N–H and O–H groups in total. The number of amides is 1. The lowest BCUT2D eigenvalue weighted by Crippen LogP contribution is -2.18. The van der Waals surface area contributed by atoms with Gasteiger partial charge in [-0.05, 0) is 18.6 Å². The number of ether oxygens (including phenoxy) is 2. The first-order valence-corrected chi connectivity index (χ1v) is 5.87. The Balaban J connectivity index is 2.69. The standard InChI is InChI=1S/C13H17NO5/c1-3-6-19-8-12(15)14-9-4-5-10(13(16)17)11(7-9)18-2/h4-5,7H,3,6,8H2,1-2H3,(H,14,15)(H,16,17). The summed E-state index contributed by atoms with van der Waals surface area (Å²) in [4.78, 5) is 22.4. The molecule has 6 nitrogen and oxygen atoms in total. The van der Waals surface area contributed by atoms with Crippen molar-refractivity contribution in [3.8, 4) is 5.75 Å². The van der Waals surface area contributed by atoms with Crippen LogP contribution >= 0.6 is 0 Å². The van der Waals surface area contributed by atoms with Crippen LogP contribution in [0.4, 0.5) is 5.69 Å². The van der Waals surface area contributed by atoms with Crippen LogP contribution < -0.4 is 10.1 Å². The number of hydrogen-bond donors (Lipinski definition) is 2. The molecule has 19 heavy (non-hydrogen) atoms. The maximum atomic E-state index is 11.5. The molecule has 0 aliphatic heterocycles. The number of aromatic carboxylic acids is 1. The Labute approximate surface area is 111 Å². The van der Waals surface area contributed by atoms with Crippen molar-refractivity contribution in [2.45, 2.75) is 13.3 Å². The predicted molar refractivity (Wildman–Crippen MR) is 69.7 cm³/mol.